The van der Waals surface area contributed by atoms with Gasteiger partial charge in [-0.1, -0.05) is 43.5 Å². The topological polar surface area (TPSA) is 24.8 Å². The first-order valence-corrected chi connectivity index (χ1v) is 6.00. The molecule has 0 heterocycles. The fourth-order valence-corrected chi connectivity index (χ4v) is 1.42. The zero-order valence-electron chi connectivity index (χ0n) is 11.8. The minimum absolute atomic E-state index is 0.506. The van der Waals surface area contributed by atoms with Crippen molar-refractivity contribution in [2.24, 2.45) is 4.99 Å². The SMILES string of the molecule is C=CC(=C)O/C(C)=C(/N=C\N(C)C)c1ccccc1. The van der Waals surface area contributed by atoms with Crippen LogP contribution in [0.1, 0.15) is 12.5 Å². The Morgan fingerprint density at radius 2 is 1.89 bits per heavy atom. The Morgan fingerprint density at radius 1 is 1.26 bits per heavy atom. The van der Waals surface area contributed by atoms with Gasteiger partial charge in [-0.3, -0.25) is 0 Å². The van der Waals surface area contributed by atoms with Crippen LogP contribution in [-0.4, -0.2) is 25.3 Å². The number of allylic oxidation sites excluding steroid dienone is 2. The molecular formula is C16H20N2O. The second-order valence-corrected chi connectivity index (χ2v) is 4.25. The summed E-state index contributed by atoms with van der Waals surface area (Å²) >= 11 is 0. The maximum Gasteiger partial charge on any atom is 0.127 e. The van der Waals surface area contributed by atoms with Gasteiger partial charge in [-0.15, -0.1) is 0 Å². The van der Waals surface area contributed by atoms with Crippen molar-refractivity contribution >= 4 is 12.0 Å². The molecule has 1 aromatic carbocycles. The van der Waals surface area contributed by atoms with Gasteiger partial charge in [0.25, 0.3) is 0 Å². The zero-order chi connectivity index (χ0) is 14.3. The molecule has 0 bridgehead atoms. The minimum Gasteiger partial charge on any atom is -0.460 e. The van der Waals surface area contributed by atoms with E-state index in [2.05, 4.69) is 18.2 Å². The van der Waals surface area contributed by atoms with Crippen LogP contribution < -0.4 is 0 Å². The van der Waals surface area contributed by atoms with E-state index in [1.807, 2.05) is 56.3 Å². The van der Waals surface area contributed by atoms with E-state index in [-0.39, 0.29) is 0 Å². The summed E-state index contributed by atoms with van der Waals surface area (Å²) in [6, 6.07) is 9.89. The maximum absolute atomic E-state index is 5.58. The Balaban J connectivity index is 3.15. The maximum atomic E-state index is 5.58. The average molecular weight is 256 g/mol. The predicted molar refractivity (Wildman–Crippen MR) is 81.6 cm³/mol. The van der Waals surface area contributed by atoms with Crippen LogP contribution in [0.25, 0.3) is 5.70 Å². The molecule has 100 valence electrons. The van der Waals surface area contributed by atoms with Gasteiger partial charge in [-0.25, -0.2) is 4.99 Å². The van der Waals surface area contributed by atoms with Gasteiger partial charge in [0, 0.05) is 19.7 Å². The van der Waals surface area contributed by atoms with E-state index < -0.39 is 0 Å². The summed E-state index contributed by atoms with van der Waals surface area (Å²) in [4.78, 5) is 6.33. The van der Waals surface area contributed by atoms with Crippen molar-refractivity contribution in [1.82, 2.24) is 4.90 Å². The standard InChI is InChI=1S/C16H20N2O/c1-6-13(2)19-14(3)16(17-12-18(4)5)15-10-8-7-9-11-15/h6-12H,1-2H2,3-5H3/b16-14+,17-12-. The number of ether oxygens (including phenoxy) is 1. The van der Waals surface area contributed by atoms with Crippen molar-refractivity contribution in [2.75, 3.05) is 14.1 Å². The quantitative estimate of drug-likeness (QED) is 0.336. The van der Waals surface area contributed by atoms with Crippen molar-refractivity contribution in [3.8, 4) is 0 Å². The van der Waals surface area contributed by atoms with Crippen LogP contribution in [0.5, 0.6) is 0 Å². The fourth-order valence-electron chi connectivity index (χ4n) is 1.42. The summed E-state index contributed by atoms with van der Waals surface area (Å²) < 4.78 is 5.58. The highest BCUT2D eigenvalue weighted by atomic mass is 16.5. The Morgan fingerprint density at radius 3 is 2.42 bits per heavy atom. The third-order valence-corrected chi connectivity index (χ3v) is 2.31. The van der Waals surface area contributed by atoms with E-state index in [0.717, 1.165) is 11.3 Å². The molecule has 0 aliphatic rings. The molecule has 0 saturated heterocycles. The second-order valence-electron chi connectivity index (χ2n) is 4.25. The van der Waals surface area contributed by atoms with Gasteiger partial charge in [-0.2, -0.15) is 0 Å². The number of hydrogen-bond donors (Lipinski definition) is 0. The Labute approximate surface area is 115 Å². The molecule has 0 spiro atoms. The third-order valence-electron chi connectivity index (χ3n) is 2.31. The fraction of sp³-hybridized carbons (Fsp3) is 0.188. The van der Waals surface area contributed by atoms with Gasteiger partial charge >= 0.3 is 0 Å². The summed E-state index contributed by atoms with van der Waals surface area (Å²) in [5.74, 6) is 1.19. The van der Waals surface area contributed by atoms with Gasteiger partial charge in [0.2, 0.25) is 0 Å². The molecule has 0 amide bonds. The van der Waals surface area contributed by atoms with Crippen molar-refractivity contribution in [3.63, 3.8) is 0 Å². The molecule has 19 heavy (non-hydrogen) atoms. The molecular weight excluding hydrogens is 236 g/mol. The lowest BCUT2D eigenvalue weighted by molar-refractivity contribution is 0.326. The Hall–Kier alpha value is -2.29. The van der Waals surface area contributed by atoms with Gasteiger partial charge in [-0.05, 0) is 13.0 Å². The summed E-state index contributed by atoms with van der Waals surface area (Å²) in [6.45, 7) is 9.24. The highest BCUT2D eigenvalue weighted by Crippen LogP contribution is 2.22. The highest BCUT2D eigenvalue weighted by Gasteiger charge is 2.06. The van der Waals surface area contributed by atoms with E-state index >= 15 is 0 Å². The first kappa shape index (κ1) is 14.8. The first-order valence-electron chi connectivity index (χ1n) is 6.00. The van der Waals surface area contributed by atoms with Crippen LogP contribution in [0.2, 0.25) is 0 Å². The molecule has 0 unspecified atom stereocenters. The summed E-state index contributed by atoms with van der Waals surface area (Å²) in [5.41, 5.74) is 1.77. The summed E-state index contributed by atoms with van der Waals surface area (Å²) in [7, 11) is 3.84. The largest absolute Gasteiger partial charge is 0.460 e. The normalized spacial score (nSPS) is 11.9. The predicted octanol–water partition coefficient (Wildman–Crippen LogP) is 3.68. The molecule has 0 atom stereocenters. The van der Waals surface area contributed by atoms with Gasteiger partial charge in [0.1, 0.15) is 17.2 Å². The van der Waals surface area contributed by atoms with Crippen LogP contribution in [0.3, 0.4) is 0 Å². The second kappa shape index (κ2) is 7.21. The Bertz CT molecular complexity index is 499. The number of nitrogens with zero attached hydrogens (tertiary/aromatic N) is 2. The van der Waals surface area contributed by atoms with Crippen molar-refractivity contribution in [2.45, 2.75) is 6.92 Å². The van der Waals surface area contributed by atoms with E-state index in [4.69, 9.17) is 4.74 Å². The molecule has 0 N–H and O–H groups in total. The van der Waals surface area contributed by atoms with E-state index in [0.29, 0.717) is 11.5 Å². The molecule has 0 fully saturated rings. The van der Waals surface area contributed by atoms with E-state index in [9.17, 15) is 0 Å². The van der Waals surface area contributed by atoms with Crippen LogP contribution in [0.15, 0.2) is 66.1 Å². The number of rotatable bonds is 6. The number of aliphatic imine (C=N–C) groups is 1. The molecule has 0 aliphatic carbocycles. The van der Waals surface area contributed by atoms with Crippen molar-refractivity contribution in [3.05, 3.63) is 66.6 Å². The molecule has 1 aromatic rings. The number of benzene rings is 1. The lowest BCUT2D eigenvalue weighted by atomic mass is 10.1. The van der Waals surface area contributed by atoms with Crippen LogP contribution >= 0.6 is 0 Å². The molecule has 3 nitrogen and oxygen atoms in total. The summed E-state index contributed by atoms with van der Waals surface area (Å²) in [5, 5.41) is 0. The smallest absolute Gasteiger partial charge is 0.127 e. The molecule has 1 rings (SSSR count). The molecule has 0 saturated carbocycles. The average Bonchev–Trinajstić information content (AvgIpc) is 2.39. The first-order chi connectivity index (χ1) is 9.04. The Kier molecular flexibility index (Phi) is 5.61. The monoisotopic (exact) mass is 256 g/mol. The summed E-state index contributed by atoms with van der Waals surface area (Å²) in [6.07, 6.45) is 3.31. The lowest BCUT2D eigenvalue weighted by Crippen LogP contribution is -2.08. The third kappa shape index (κ3) is 4.84. The minimum atomic E-state index is 0.506. The molecule has 0 aliphatic heterocycles. The van der Waals surface area contributed by atoms with Crippen molar-refractivity contribution < 1.29 is 4.74 Å². The molecule has 0 aromatic heterocycles. The van der Waals surface area contributed by atoms with Crippen LogP contribution in [0.4, 0.5) is 0 Å². The van der Waals surface area contributed by atoms with Crippen molar-refractivity contribution in [1.29, 1.82) is 0 Å². The van der Waals surface area contributed by atoms with Gasteiger partial charge in [0.05, 0.1) is 6.34 Å². The van der Waals surface area contributed by atoms with Crippen LogP contribution in [0, 0.1) is 0 Å². The molecule has 0 radical (unpaired) electrons. The van der Waals surface area contributed by atoms with Crippen LogP contribution in [-0.2, 0) is 4.74 Å². The lowest BCUT2D eigenvalue weighted by Gasteiger charge is -2.11. The highest BCUT2D eigenvalue weighted by molar-refractivity contribution is 5.74. The van der Waals surface area contributed by atoms with Gasteiger partial charge in [0.15, 0.2) is 0 Å². The van der Waals surface area contributed by atoms with E-state index in [1.165, 1.54) is 0 Å². The number of hydrogen-bond acceptors (Lipinski definition) is 2. The molecule has 3 heteroatoms. The zero-order valence-corrected chi connectivity index (χ0v) is 11.8. The van der Waals surface area contributed by atoms with Gasteiger partial charge < -0.3 is 9.64 Å². The van der Waals surface area contributed by atoms with E-state index in [1.54, 1.807) is 12.4 Å².